The number of ether oxygens (including phenoxy) is 1. The maximum Gasteiger partial charge on any atom is 0.407 e. The summed E-state index contributed by atoms with van der Waals surface area (Å²) in [7, 11) is 0. The number of alkyl carbamates (subject to hydrolysis) is 1. The van der Waals surface area contributed by atoms with Gasteiger partial charge in [-0.05, 0) is 90.4 Å². The van der Waals surface area contributed by atoms with Crippen molar-refractivity contribution < 1.29 is 13.9 Å². The SMILES string of the molecule is CC(C)Cc1cccc(-c2cc3c(cc2F)[C@H](NC(=O)O[C@H]2CN4CCC2CC4)C(C)(C)C3)c1. The van der Waals surface area contributed by atoms with Crippen LogP contribution in [0.25, 0.3) is 11.1 Å². The van der Waals surface area contributed by atoms with E-state index in [-0.39, 0.29) is 29.5 Å². The van der Waals surface area contributed by atoms with Crippen LogP contribution in [0, 0.1) is 23.1 Å². The number of amides is 1. The fourth-order valence-corrected chi connectivity index (χ4v) is 6.23. The van der Waals surface area contributed by atoms with Crippen LogP contribution in [-0.4, -0.2) is 36.7 Å². The molecule has 2 bridgehead atoms. The van der Waals surface area contributed by atoms with Crippen molar-refractivity contribution in [3.8, 4) is 11.1 Å². The molecule has 3 fully saturated rings. The van der Waals surface area contributed by atoms with Gasteiger partial charge in [0, 0.05) is 12.1 Å². The van der Waals surface area contributed by atoms with E-state index in [4.69, 9.17) is 4.74 Å². The van der Waals surface area contributed by atoms with Gasteiger partial charge in [-0.3, -0.25) is 4.90 Å². The number of piperidine rings is 3. The molecule has 182 valence electrons. The predicted molar refractivity (Wildman–Crippen MR) is 133 cm³/mol. The summed E-state index contributed by atoms with van der Waals surface area (Å²) >= 11 is 0. The van der Waals surface area contributed by atoms with Gasteiger partial charge < -0.3 is 10.1 Å². The van der Waals surface area contributed by atoms with E-state index in [0.29, 0.717) is 17.4 Å². The molecule has 2 aromatic carbocycles. The second-order valence-electron chi connectivity index (χ2n) is 11.7. The highest BCUT2D eigenvalue weighted by atomic mass is 19.1. The van der Waals surface area contributed by atoms with Crippen molar-refractivity contribution in [1.29, 1.82) is 0 Å². The Bertz CT molecular complexity index is 1070. The van der Waals surface area contributed by atoms with E-state index >= 15 is 4.39 Å². The second-order valence-corrected chi connectivity index (χ2v) is 11.7. The quantitative estimate of drug-likeness (QED) is 0.578. The van der Waals surface area contributed by atoms with Crippen LogP contribution in [0.3, 0.4) is 0 Å². The van der Waals surface area contributed by atoms with Gasteiger partial charge in [-0.2, -0.15) is 0 Å². The monoisotopic (exact) mass is 464 g/mol. The van der Waals surface area contributed by atoms with Gasteiger partial charge in [0.1, 0.15) is 11.9 Å². The summed E-state index contributed by atoms with van der Waals surface area (Å²) in [5, 5.41) is 3.10. The first-order chi connectivity index (χ1) is 16.2. The van der Waals surface area contributed by atoms with Gasteiger partial charge in [0.2, 0.25) is 0 Å². The molecule has 3 saturated heterocycles. The predicted octanol–water partition coefficient (Wildman–Crippen LogP) is 6.14. The molecule has 34 heavy (non-hydrogen) atoms. The third-order valence-electron chi connectivity index (χ3n) is 7.97. The molecule has 4 nitrogen and oxygen atoms in total. The van der Waals surface area contributed by atoms with E-state index in [1.807, 2.05) is 18.2 Å². The van der Waals surface area contributed by atoms with Crippen LogP contribution in [0.5, 0.6) is 0 Å². The molecule has 5 heteroatoms. The Morgan fingerprint density at radius 3 is 2.65 bits per heavy atom. The van der Waals surface area contributed by atoms with Gasteiger partial charge in [0.05, 0.1) is 6.04 Å². The highest BCUT2D eigenvalue weighted by Crippen LogP contribution is 2.47. The van der Waals surface area contributed by atoms with Crippen molar-refractivity contribution >= 4 is 6.09 Å². The standard InChI is InChI=1S/C29H37FN2O2/c1-18(2)12-19-6-5-7-21(13-19)23-14-22-16-29(3,4)27(24(22)15-25(23)30)31-28(33)34-26-17-32-10-8-20(26)9-11-32/h5-7,13-15,18,20,26-27H,8-12,16-17H2,1-4H3,(H,31,33)/t26-,27-/m0/s1. The average molecular weight is 465 g/mol. The first-order valence-electron chi connectivity index (χ1n) is 12.8. The molecule has 1 aliphatic carbocycles. The smallest absolute Gasteiger partial charge is 0.407 e. The highest BCUT2D eigenvalue weighted by Gasteiger charge is 2.42. The highest BCUT2D eigenvalue weighted by molar-refractivity contribution is 5.71. The minimum absolute atomic E-state index is 0.0382. The Labute approximate surface area is 202 Å². The van der Waals surface area contributed by atoms with Crippen LogP contribution < -0.4 is 5.32 Å². The fourth-order valence-electron chi connectivity index (χ4n) is 6.23. The number of rotatable bonds is 5. The molecule has 2 atom stereocenters. The lowest BCUT2D eigenvalue weighted by Gasteiger charge is -2.44. The van der Waals surface area contributed by atoms with Gasteiger partial charge in [-0.1, -0.05) is 52.0 Å². The van der Waals surface area contributed by atoms with Crippen LogP contribution in [0.1, 0.15) is 63.3 Å². The molecule has 1 N–H and O–H groups in total. The zero-order chi connectivity index (χ0) is 24.0. The van der Waals surface area contributed by atoms with Crippen molar-refractivity contribution in [3.05, 3.63) is 58.9 Å². The van der Waals surface area contributed by atoms with E-state index in [9.17, 15) is 4.79 Å². The Morgan fingerprint density at radius 1 is 1.21 bits per heavy atom. The maximum absolute atomic E-state index is 15.4. The molecule has 2 aromatic rings. The van der Waals surface area contributed by atoms with Gasteiger partial charge >= 0.3 is 6.09 Å². The van der Waals surface area contributed by atoms with Crippen molar-refractivity contribution in [2.45, 2.75) is 65.5 Å². The summed E-state index contributed by atoms with van der Waals surface area (Å²) in [6.45, 7) is 11.7. The van der Waals surface area contributed by atoms with Gasteiger partial charge in [0.15, 0.2) is 0 Å². The van der Waals surface area contributed by atoms with E-state index in [1.165, 1.54) is 5.56 Å². The summed E-state index contributed by atoms with van der Waals surface area (Å²) in [4.78, 5) is 15.3. The van der Waals surface area contributed by atoms with Crippen LogP contribution in [0.2, 0.25) is 0 Å². The van der Waals surface area contributed by atoms with Gasteiger partial charge in [0.25, 0.3) is 0 Å². The zero-order valence-corrected chi connectivity index (χ0v) is 20.9. The molecule has 3 heterocycles. The number of nitrogens with one attached hydrogen (secondary N) is 1. The number of carbonyl (C=O) groups is 1. The summed E-state index contributed by atoms with van der Waals surface area (Å²) in [5.74, 6) is 0.773. The molecule has 0 aromatic heterocycles. The number of nitrogens with zero attached hydrogens (tertiary/aromatic N) is 1. The summed E-state index contributed by atoms with van der Waals surface area (Å²) in [5.41, 5.74) is 4.52. The fraction of sp³-hybridized carbons (Fsp3) is 0.552. The molecular weight excluding hydrogens is 427 g/mol. The van der Waals surface area contributed by atoms with E-state index in [0.717, 1.165) is 62.0 Å². The number of halogens is 1. The number of hydrogen-bond donors (Lipinski definition) is 1. The maximum atomic E-state index is 15.4. The largest absolute Gasteiger partial charge is 0.445 e. The molecule has 0 unspecified atom stereocenters. The van der Waals surface area contributed by atoms with Crippen LogP contribution in [0.15, 0.2) is 36.4 Å². The molecule has 6 rings (SSSR count). The molecule has 0 saturated carbocycles. The number of hydrogen-bond acceptors (Lipinski definition) is 3. The molecule has 1 amide bonds. The van der Waals surface area contributed by atoms with Crippen molar-refractivity contribution in [1.82, 2.24) is 10.2 Å². The first-order valence-corrected chi connectivity index (χ1v) is 12.8. The van der Waals surface area contributed by atoms with Crippen molar-refractivity contribution in [2.75, 3.05) is 19.6 Å². The minimum Gasteiger partial charge on any atom is -0.445 e. The lowest BCUT2D eigenvalue weighted by molar-refractivity contribution is -0.0349. The molecule has 0 spiro atoms. The Morgan fingerprint density at radius 2 is 1.97 bits per heavy atom. The molecule has 0 radical (unpaired) electrons. The average Bonchev–Trinajstić information content (AvgIpc) is 3.02. The van der Waals surface area contributed by atoms with E-state index in [1.54, 1.807) is 6.07 Å². The van der Waals surface area contributed by atoms with Crippen molar-refractivity contribution in [3.63, 3.8) is 0 Å². The normalized spacial score (nSPS) is 27.0. The van der Waals surface area contributed by atoms with Crippen LogP contribution in [0.4, 0.5) is 9.18 Å². The number of carbonyl (C=O) groups excluding carboxylic acids is 1. The van der Waals surface area contributed by atoms with Crippen LogP contribution in [-0.2, 0) is 17.6 Å². The minimum atomic E-state index is -0.379. The zero-order valence-electron chi connectivity index (χ0n) is 20.9. The summed E-state index contributed by atoms with van der Waals surface area (Å²) in [6.07, 6.45) is 3.54. The third-order valence-corrected chi connectivity index (χ3v) is 7.97. The molecular formula is C29H37FN2O2. The lowest BCUT2D eigenvalue weighted by Crippen LogP contribution is -2.53. The van der Waals surface area contributed by atoms with Gasteiger partial charge in [-0.15, -0.1) is 0 Å². The van der Waals surface area contributed by atoms with E-state index in [2.05, 4.69) is 50.0 Å². The van der Waals surface area contributed by atoms with E-state index < -0.39 is 0 Å². The second kappa shape index (κ2) is 8.99. The molecule has 4 aliphatic rings. The lowest BCUT2D eigenvalue weighted by atomic mass is 9.85. The number of benzene rings is 2. The third kappa shape index (κ3) is 4.59. The Hall–Kier alpha value is -2.40. The summed E-state index contributed by atoms with van der Waals surface area (Å²) in [6, 6.07) is 11.6. The van der Waals surface area contributed by atoms with Crippen LogP contribution >= 0.6 is 0 Å². The van der Waals surface area contributed by atoms with Gasteiger partial charge in [-0.25, -0.2) is 9.18 Å². The number of fused-ring (bicyclic) bond motifs is 4. The Balaban J connectivity index is 1.36. The van der Waals surface area contributed by atoms with Crippen molar-refractivity contribution in [2.24, 2.45) is 17.3 Å². The Kier molecular flexibility index (Phi) is 6.18. The topological polar surface area (TPSA) is 41.6 Å². The first kappa shape index (κ1) is 23.3. The molecule has 3 aliphatic heterocycles. The summed E-state index contributed by atoms with van der Waals surface area (Å²) < 4.78 is 21.3.